The fraction of sp³-hybridized carbons (Fsp3) is 0.652. The minimum Gasteiger partial charge on any atom is -0.312 e. The van der Waals surface area contributed by atoms with Crippen molar-refractivity contribution in [1.29, 1.82) is 0 Å². The molecule has 1 nitrogen and oxygen atoms in total. The van der Waals surface area contributed by atoms with Crippen LogP contribution in [0.15, 0.2) is 23.8 Å². The van der Waals surface area contributed by atoms with Crippen molar-refractivity contribution in [2.45, 2.75) is 64.8 Å². The zero-order valence-corrected chi connectivity index (χ0v) is 15.1. The van der Waals surface area contributed by atoms with Crippen LogP contribution in [0.1, 0.15) is 68.6 Å². The lowest BCUT2D eigenvalue weighted by atomic mass is 9.49. The van der Waals surface area contributed by atoms with Gasteiger partial charge in [-0.3, -0.25) is 0 Å². The van der Waals surface area contributed by atoms with Crippen molar-refractivity contribution < 1.29 is 0 Å². The summed E-state index contributed by atoms with van der Waals surface area (Å²) in [6.45, 7) is 4.56. The van der Waals surface area contributed by atoms with Crippen molar-refractivity contribution in [3.63, 3.8) is 0 Å². The molecule has 24 heavy (non-hydrogen) atoms. The van der Waals surface area contributed by atoms with Crippen LogP contribution in [0.5, 0.6) is 0 Å². The predicted octanol–water partition coefficient (Wildman–Crippen LogP) is 5.34. The largest absolute Gasteiger partial charge is 0.312 e. The third kappa shape index (κ3) is 2.75. The lowest BCUT2D eigenvalue weighted by Crippen LogP contribution is -2.50. The van der Waals surface area contributed by atoms with E-state index in [1.807, 2.05) is 0 Å². The molecule has 128 valence electrons. The number of allylic oxidation sites excluding steroid dienone is 1. The van der Waals surface area contributed by atoms with Crippen molar-refractivity contribution in [2.24, 2.45) is 23.2 Å². The Hall–Kier alpha value is -1.08. The van der Waals surface area contributed by atoms with Crippen molar-refractivity contribution in [1.82, 2.24) is 5.32 Å². The van der Waals surface area contributed by atoms with Gasteiger partial charge in [0.25, 0.3) is 0 Å². The van der Waals surface area contributed by atoms with E-state index in [4.69, 9.17) is 0 Å². The molecule has 0 unspecified atom stereocenters. The standard InChI is InChI=1S/C23H31N/c1-16-2-4-22-10-17(3-5-21(22)6-16)14-24-15-23-11-18-7-19(12-23)9-20(8-18)13-23/h3,5-6,10,18-20,24H,2,4,7-9,11-15H2,1H3. The molecule has 0 atom stereocenters. The van der Waals surface area contributed by atoms with Crippen LogP contribution < -0.4 is 5.32 Å². The molecule has 4 saturated carbocycles. The SMILES string of the molecule is CC1=Cc2ccc(CNCC34CC5CC(CC(C5)C3)C4)cc2CC1. The molecule has 4 fully saturated rings. The van der Waals surface area contributed by atoms with Gasteiger partial charge in [-0.25, -0.2) is 0 Å². The molecule has 0 spiro atoms. The van der Waals surface area contributed by atoms with Gasteiger partial charge in [-0.05, 0) is 98.1 Å². The van der Waals surface area contributed by atoms with Gasteiger partial charge < -0.3 is 5.32 Å². The highest BCUT2D eigenvalue weighted by molar-refractivity contribution is 5.59. The molecule has 5 aliphatic carbocycles. The van der Waals surface area contributed by atoms with Gasteiger partial charge >= 0.3 is 0 Å². The molecule has 0 radical (unpaired) electrons. The van der Waals surface area contributed by atoms with E-state index in [2.05, 4.69) is 36.5 Å². The Balaban J connectivity index is 1.23. The van der Waals surface area contributed by atoms with E-state index in [1.54, 1.807) is 24.8 Å². The maximum absolute atomic E-state index is 3.86. The zero-order valence-electron chi connectivity index (χ0n) is 15.1. The molecule has 0 saturated heterocycles. The van der Waals surface area contributed by atoms with E-state index in [0.717, 1.165) is 24.3 Å². The Morgan fingerprint density at radius 3 is 2.42 bits per heavy atom. The average Bonchev–Trinajstić information content (AvgIpc) is 2.53. The second-order valence-electron chi connectivity index (χ2n) is 9.54. The van der Waals surface area contributed by atoms with Gasteiger partial charge in [0.1, 0.15) is 0 Å². The van der Waals surface area contributed by atoms with E-state index in [0.29, 0.717) is 5.41 Å². The van der Waals surface area contributed by atoms with Crippen LogP contribution in [-0.4, -0.2) is 6.54 Å². The highest BCUT2D eigenvalue weighted by atomic mass is 14.9. The summed E-state index contributed by atoms with van der Waals surface area (Å²) in [6, 6.07) is 7.12. The molecule has 1 aromatic carbocycles. The van der Waals surface area contributed by atoms with Gasteiger partial charge in [0.2, 0.25) is 0 Å². The van der Waals surface area contributed by atoms with E-state index in [1.165, 1.54) is 55.3 Å². The molecule has 1 N–H and O–H groups in total. The third-order valence-electron chi connectivity index (χ3n) is 7.39. The van der Waals surface area contributed by atoms with Crippen molar-refractivity contribution >= 4 is 6.08 Å². The highest BCUT2D eigenvalue weighted by Gasteiger charge is 2.50. The molecule has 4 bridgehead atoms. The Labute approximate surface area is 146 Å². The van der Waals surface area contributed by atoms with Crippen LogP contribution in [0.4, 0.5) is 0 Å². The monoisotopic (exact) mass is 321 g/mol. The molecular weight excluding hydrogens is 290 g/mol. The molecule has 6 rings (SSSR count). The minimum absolute atomic E-state index is 0.656. The molecule has 5 aliphatic rings. The highest BCUT2D eigenvalue weighted by Crippen LogP contribution is 2.59. The van der Waals surface area contributed by atoms with Crippen molar-refractivity contribution in [2.75, 3.05) is 6.54 Å². The van der Waals surface area contributed by atoms with Gasteiger partial charge in [0, 0.05) is 13.1 Å². The molecule has 0 aromatic heterocycles. The maximum atomic E-state index is 3.86. The summed E-state index contributed by atoms with van der Waals surface area (Å²) in [7, 11) is 0. The van der Waals surface area contributed by atoms with E-state index >= 15 is 0 Å². The number of aryl methyl sites for hydroxylation is 1. The summed E-state index contributed by atoms with van der Waals surface area (Å²) >= 11 is 0. The predicted molar refractivity (Wildman–Crippen MR) is 101 cm³/mol. The second-order valence-corrected chi connectivity index (χ2v) is 9.54. The second kappa shape index (κ2) is 5.73. The summed E-state index contributed by atoms with van der Waals surface area (Å²) in [5, 5.41) is 3.86. The number of fused-ring (bicyclic) bond motifs is 1. The Morgan fingerprint density at radius 2 is 1.71 bits per heavy atom. The first kappa shape index (κ1) is 15.2. The molecule has 0 heterocycles. The first-order valence-electron chi connectivity index (χ1n) is 10.2. The summed E-state index contributed by atoms with van der Waals surface area (Å²) in [5.41, 5.74) is 6.66. The summed E-state index contributed by atoms with van der Waals surface area (Å²) in [5.74, 6) is 3.20. The van der Waals surface area contributed by atoms with Crippen LogP contribution in [-0.2, 0) is 13.0 Å². The number of rotatable bonds is 4. The Morgan fingerprint density at radius 1 is 1.00 bits per heavy atom. The van der Waals surface area contributed by atoms with Crippen LogP contribution >= 0.6 is 0 Å². The molecule has 0 aliphatic heterocycles. The Kier molecular flexibility index (Phi) is 3.63. The molecule has 1 aromatic rings. The van der Waals surface area contributed by atoms with Crippen LogP contribution in [0.25, 0.3) is 6.08 Å². The van der Waals surface area contributed by atoms with Gasteiger partial charge in [0.15, 0.2) is 0 Å². The van der Waals surface area contributed by atoms with Crippen LogP contribution in [0.2, 0.25) is 0 Å². The normalized spacial score (nSPS) is 36.5. The molecular formula is C23H31N. The molecule has 0 amide bonds. The van der Waals surface area contributed by atoms with Gasteiger partial charge in [0.05, 0.1) is 0 Å². The van der Waals surface area contributed by atoms with Gasteiger partial charge in [-0.1, -0.05) is 29.8 Å². The van der Waals surface area contributed by atoms with Crippen molar-refractivity contribution in [3.05, 3.63) is 40.5 Å². The Bertz CT molecular complexity index is 633. The first-order chi connectivity index (χ1) is 11.7. The van der Waals surface area contributed by atoms with E-state index < -0.39 is 0 Å². The lowest BCUT2D eigenvalue weighted by molar-refractivity contribution is -0.0514. The van der Waals surface area contributed by atoms with Crippen LogP contribution in [0, 0.1) is 23.2 Å². The van der Waals surface area contributed by atoms with Gasteiger partial charge in [-0.15, -0.1) is 0 Å². The quantitative estimate of drug-likeness (QED) is 0.789. The third-order valence-corrected chi connectivity index (χ3v) is 7.39. The van der Waals surface area contributed by atoms with Crippen LogP contribution in [0.3, 0.4) is 0 Å². The zero-order chi connectivity index (χ0) is 16.1. The summed E-state index contributed by atoms with van der Waals surface area (Å²) in [6.07, 6.45) is 14.0. The number of nitrogens with one attached hydrogen (secondary N) is 1. The number of benzene rings is 1. The van der Waals surface area contributed by atoms with Gasteiger partial charge in [-0.2, -0.15) is 0 Å². The molecule has 1 heteroatoms. The first-order valence-corrected chi connectivity index (χ1v) is 10.2. The minimum atomic E-state index is 0.656. The summed E-state index contributed by atoms with van der Waals surface area (Å²) in [4.78, 5) is 0. The van der Waals surface area contributed by atoms with E-state index in [9.17, 15) is 0 Å². The smallest absolute Gasteiger partial charge is 0.0205 e. The summed E-state index contributed by atoms with van der Waals surface area (Å²) < 4.78 is 0. The maximum Gasteiger partial charge on any atom is 0.0205 e. The number of hydrogen-bond donors (Lipinski definition) is 1. The number of hydrogen-bond acceptors (Lipinski definition) is 1. The topological polar surface area (TPSA) is 12.0 Å². The van der Waals surface area contributed by atoms with Crippen molar-refractivity contribution in [3.8, 4) is 0 Å². The lowest BCUT2D eigenvalue weighted by Gasteiger charge is -2.57. The average molecular weight is 322 g/mol. The fourth-order valence-corrected chi connectivity index (χ4v) is 6.77. The van der Waals surface area contributed by atoms with E-state index in [-0.39, 0.29) is 0 Å². The fourth-order valence-electron chi connectivity index (χ4n) is 6.77.